The molecule has 2 rings (SSSR count). The maximum Gasteiger partial charge on any atom is 0.254 e. The molecule has 2 amide bonds. The molecule has 0 spiro atoms. The lowest BCUT2D eigenvalue weighted by Crippen LogP contribution is -2.44. The van der Waals surface area contributed by atoms with Gasteiger partial charge in [-0.25, -0.2) is 0 Å². The molecular formula is C27H44N6O4. The number of amides is 2. The summed E-state index contributed by atoms with van der Waals surface area (Å²) >= 11 is 0. The molecule has 1 unspecified atom stereocenters. The second kappa shape index (κ2) is 19.8. The Kier molecular flexibility index (Phi) is 18.0. The lowest BCUT2D eigenvalue weighted by molar-refractivity contribution is -0.146. The topological polar surface area (TPSA) is 145 Å². The Morgan fingerprint density at radius 2 is 1.81 bits per heavy atom. The molecule has 206 valence electrons. The molecule has 0 fully saturated rings. The summed E-state index contributed by atoms with van der Waals surface area (Å²) < 4.78 is 0. The van der Waals surface area contributed by atoms with E-state index in [4.69, 9.17) is 5.73 Å². The number of carbonyl (C=O) groups excluding carboxylic acids is 2. The summed E-state index contributed by atoms with van der Waals surface area (Å²) in [6.45, 7) is 10.6. The van der Waals surface area contributed by atoms with Crippen LogP contribution in [0.2, 0.25) is 0 Å². The molecule has 0 aliphatic rings. The minimum Gasteiger partial charge on any atom is -0.390 e. The van der Waals surface area contributed by atoms with E-state index in [1.165, 1.54) is 11.8 Å². The van der Waals surface area contributed by atoms with Gasteiger partial charge in [-0.2, -0.15) is 0 Å². The number of hydrogen-bond donors (Lipinski definition) is 4. The molecular weight excluding hydrogens is 472 g/mol. The summed E-state index contributed by atoms with van der Waals surface area (Å²) in [6.07, 6.45) is 7.51. The van der Waals surface area contributed by atoms with E-state index in [9.17, 15) is 19.8 Å². The number of nitrogens with zero attached hydrogens (tertiary/aromatic N) is 4. The van der Waals surface area contributed by atoms with Crippen molar-refractivity contribution in [2.75, 3.05) is 25.0 Å². The molecule has 3 atom stereocenters. The van der Waals surface area contributed by atoms with Gasteiger partial charge >= 0.3 is 0 Å². The van der Waals surface area contributed by atoms with Crippen LogP contribution in [0.5, 0.6) is 0 Å². The van der Waals surface area contributed by atoms with Crippen molar-refractivity contribution < 1.29 is 19.8 Å². The number of rotatable bonds is 12. The minimum atomic E-state index is -1.40. The second-order valence-corrected chi connectivity index (χ2v) is 7.97. The zero-order chi connectivity index (χ0) is 28.2. The molecule has 0 radical (unpaired) electrons. The first kappa shape index (κ1) is 33.7. The maximum absolute atomic E-state index is 11.9. The van der Waals surface area contributed by atoms with Crippen molar-refractivity contribution in [3.05, 3.63) is 66.4 Å². The van der Waals surface area contributed by atoms with E-state index in [0.717, 1.165) is 17.7 Å². The van der Waals surface area contributed by atoms with Crippen LogP contribution in [0.4, 0.5) is 5.69 Å². The van der Waals surface area contributed by atoms with E-state index >= 15 is 0 Å². The summed E-state index contributed by atoms with van der Waals surface area (Å²) in [7, 11) is 1.97. The van der Waals surface area contributed by atoms with Crippen molar-refractivity contribution in [3.8, 4) is 0 Å². The smallest absolute Gasteiger partial charge is 0.254 e. The fourth-order valence-corrected chi connectivity index (χ4v) is 3.04. The van der Waals surface area contributed by atoms with E-state index in [1.54, 1.807) is 18.6 Å². The maximum atomic E-state index is 11.9. The minimum absolute atomic E-state index is 0.0337. The summed E-state index contributed by atoms with van der Waals surface area (Å²) in [4.78, 5) is 33.8. The lowest BCUT2D eigenvalue weighted by atomic mass is 10.1. The van der Waals surface area contributed by atoms with Crippen LogP contribution in [0.1, 0.15) is 58.3 Å². The van der Waals surface area contributed by atoms with Crippen LogP contribution in [0.25, 0.3) is 0 Å². The number of aliphatic hydroxyl groups excluding tert-OH is 2. The fraction of sp³-hybridized carbons (Fsp3) is 0.481. The third kappa shape index (κ3) is 13.0. The van der Waals surface area contributed by atoms with Gasteiger partial charge in [-0.05, 0) is 38.0 Å². The molecule has 1 aromatic carbocycles. The number of aliphatic hydroxyl groups is 2. The molecule has 0 bridgehead atoms. The number of carbonyl (C=O) groups is 2. The Balaban J connectivity index is 0.000000657. The van der Waals surface area contributed by atoms with E-state index in [-0.39, 0.29) is 12.6 Å². The Labute approximate surface area is 221 Å². The van der Waals surface area contributed by atoms with Gasteiger partial charge < -0.3 is 31.1 Å². The molecule has 5 N–H and O–H groups in total. The summed E-state index contributed by atoms with van der Waals surface area (Å²) in [5.74, 6) is -0.488. The van der Waals surface area contributed by atoms with Crippen molar-refractivity contribution in [3.63, 3.8) is 0 Å². The number of nitrogens with two attached hydrogens (primary N) is 1. The number of aromatic nitrogens is 2. The number of nitrogens with one attached hydrogen (secondary N) is 1. The van der Waals surface area contributed by atoms with Gasteiger partial charge in [0, 0.05) is 44.4 Å². The van der Waals surface area contributed by atoms with Crippen LogP contribution in [-0.4, -0.2) is 69.7 Å². The van der Waals surface area contributed by atoms with E-state index < -0.39 is 18.1 Å². The first-order valence-electron chi connectivity index (χ1n) is 12.5. The normalized spacial score (nSPS) is 12.7. The van der Waals surface area contributed by atoms with Gasteiger partial charge in [0.05, 0.1) is 30.6 Å². The molecule has 10 nitrogen and oxygen atoms in total. The Bertz CT molecular complexity index is 894. The van der Waals surface area contributed by atoms with E-state index in [0.29, 0.717) is 25.2 Å². The predicted octanol–water partition coefficient (Wildman–Crippen LogP) is 2.39. The van der Waals surface area contributed by atoms with Crippen molar-refractivity contribution in [1.29, 1.82) is 0 Å². The van der Waals surface area contributed by atoms with Crippen LogP contribution in [0.3, 0.4) is 0 Å². The first-order valence-corrected chi connectivity index (χ1v) is 12.5. The van der Waals surface area contributed by atoms with Crippen LogP contribution in [-0.2, 0) is 16.1 Å². The summed E-state index contributed by atoms with van der Waals surface area (Å²) in [5, 5.41) is 21.6. The first-order chi connectivity index (χ1) is 17.7. The largest absolute Gasteiger partial charge is 0.390 e. The second-order valence-electron chi connectivity index (χ2n) is 7.97. The highest BCUT2D eigenvalue weighted by Gasteiger charge is 2.25. The molecule has 37 heavy (non-hydrogen) atoms. The highest BCUT2D eigenvalue weighted by atomic mass is 16.3. The average Bonchev–Trinajstić information content (AvgIpc) is 2.92. The van der Waals surface area contributed by atoms with Gasteiger partial charge in [0.25, 0.3) is 5.91 Å². The molecule has 0 aliphatic heterocycles. The fourth-order valence-electron chi connectivity index (χ4n) is 3.04. The zero-order valence-corrected chi connectivity index (χ0v) is 22.9. The van der Waals surface area contributed by atoms with Crippen LogP contribution < -0.4 is 16.0 Å². The third-order valence-electron chi connectivity index (χ3n) is 5.07. The van der Waals surface area contributed by atoms with E-state index in [2.05, 4.69) is 15.3 Å². The van der Waals surface area contributed by atoms with Crippen LogP contribution >= 0.6 is 0 Å². The third-order valence-corrected chi connectivity index (χ3v) is 5.07. The molecule has 2 aromatic rings. The van der Waals surface area contributed by atoms with Crippen molar-refractivity contribution >= 4 is 18.0 Å². The average molecular weight is 517 g/mol. The molecule has 1 aromatic heterocycles. The number of anilines is 1. The molecule has 1 heterocycles. The molecule has 0 aliphatic carbocycles. The predicted molar refractivity (Wildman–Crippen MR) is 147 cm³/mol. The molecule has 0 saturated heterocycles. The van der Waals surface area contributed by atoms with Gasteiger partial charge in [-0.1, -0.05) is 39.0 Å². The molecule has 0 saturated carbocycles. The van der Waals surface area contributed by atoms with Gasteiger partial charge in [0.1, 0.15) is 0 Å². The quantitative estimate of drug-likeness (QED) is 0.315. The van der Waals surface area contributed by atoms with Crippen molar-refractivity contribution in [1.82, 2.24) is 20.2 Å². The SMILES string of the molecule is CC.CCCN(Cc1cnccn1)C(=O)[C@H](O)C(C)O.C[C@@H](NC=O)c1ccc(N(C)/C=C\CN)cc1. The van der Waals surface area contributed by atoms with Gasteiger partial charge in [-0.3, -0.25) is 19.6 Å². The van der Waals surface area contributed by atoms with Gasteiger partial charge in [-0.15, -0.1) is 0 Å². The number of benzene rings is 1. The Morgan fingerprint density at radius 1 is 1.16 bits per heavy atom. The van der Waals surface area contributed by atoms with Crippen molar-refractivity contribution in [2.45, 2.75) is 65.8 Å². The Morgan fingerprint density at radius 3 is 2.30 bits per heavy atom. The molecule has 10 heteroatoms. The monoisotopic (exact) mass is 516 g/mol. The summed E-state index contributed by atoms with van der Waals surface area (Å²) in [6, 6.07) is 8.07. The summed E-state index contributed by atoms with van der Waals surface area (Å²) in [5.41, 5.74) is 8.21. The van der Waals surface area contributed by atoms with E-state index in [1.807, 2.05) is 76.2 Å². The number of hydrogen-bond acceptors (Lipinski definition) is 8. The Hall–Kier alpha value is -3.34. The van der Waals surface area contributed by atoms with Crippen LogP contribution in [0.15, 0.2) is 55.1 Å². The van der Waals surface area contributed by atoms with Gasteiger partial charge in [0.2, 0.25) is 6.41 Å². The highest BCUT2D eigenvalue weighted by Crippen LogP contribution is 2.18. The zero-order valence-electron chi connectivity index (χ0n) is 22.9. The lowest BCUT2D eigenvalue weighted by Gasteiger charge is -2.25. The van der Waals surface area contributed by atoms with Gasteiger partial charge in [0.15, 0.2) is 6.10 Å². The highest BCUT2D eigenvalue weighted by molar-refractivity contribution is 5.81. The van der Waals surface area contributed by atoms with Crippen LogP contribution in [0, 0.1) is 0 Å². The van der Waals surface area contributed by atoms with Crippen molar-refractivity contribution in [2.24, 2.45) is 5.73 Å². The standard InChI is InChI=1S/C13H19N3O.C12H19N3O3.C2H6/c1-11(15-10-17)12-4-6-13(7-5-12)16(2)9-3-8-14;1-3-6-15(12(18)11(17)9(2)16)8-10-7-13-4-5-14-10;1-2/h3-7,9-11H,8,14H2,1-2H3,(H,15,17);4-5,7,9,11,16-17H,3,6,8H2,1-2H3;1-2H3/b9-3-;;/t11-;9?,11-;/m11./s1.